The van der Waals surface area contributed by atoms with Crippen LogP contribution >= 0.6 is 0 Å². The number of carbonyl (C=O) groups is 2. The van der Waals surface area contributed by atoms with Crippen molar-refractivity contribution in [3.63, 3.8) is 0 Å². The lowest BCUT2D eigenvalue weighted by Gasteiger charge is -2.15. The lowest BCUT2D eigenvalue weighted by Crippen LogP contribution is -2.28. The van der Waals surface area contributed by atoms with Crippen molar-refractivity contribution in [2.75, 3.05) is 13.2 Å². The van der Waals surface area contributed by atoms with Gasteiger partial charge in [0, 0.05) is 12.8 Å². The molecular formula is C31H60O5. The van der Waals surface area contributed by atoms with Crippen molar-refractivity contribution < 1.29 is 24.2 Å². The molecule has 1 N–H and O–H groups in total. The number of carbonyl (C=O) groups excluding carboxylic acids is 2. The van der Waals surface area contributed by atoms with Crippen LogP contribution in [0.2, 0.25) is 0 Å². The predicted molar refractivity (Wildman–Crippen MR) is 150 cm³/mol. The monoisotopic (exact) mass is 512 g/mol. The molecule has 1 atom stereocenters. The molecule has 0 aromatic rings. The summed E-state index contributed by atoms with van der Waals surface area (Å²) in [5.41, 5.74) is 0. The lowest BCUT2D eigenvalue weighted by molar-refractivity contribution is -0.161. The Balaban J connectivity index is 3.57. The van der Waals surface area contributed by atoms with Gasteiger partial charge in [0.25, 0.3) is 0 Å². The maximum Gasteiger partial charge on any atom is 0.306 e. The molecule has 0 aliphatic heterocycles. The highest BCUT2D eigenvalue weighted by Gasteiger charge is 2.16. The Bertz CT molecular complexity index is 480. The normalized spacial score (nSPS) is 12.0. The zero-order valence-corrected chi connectivity index (χ0v) is 24.0. The summed E-state index contributed by atoms with van der Waals surface area (Å²) in [6.45, 7) is 4.11. The summed E-state index contributed by atoms with van der Waals surface area (Å²) in [5, 5.41) is 9.46. The van der Waals surface area contributed by atoms with Crippen LogP contribution in [0.1, 0.15) is 168 Å². The van der Waals surface area contributed by atoms with Gasteiger partial charge in [0.1, 0.15) is 6.61 Å². The van der Waals surface area contributed by atoms with Gasteiger partial charge in [0.15, 0.2) is 6.10 Å². The van der Waals surface area contributed by atoms with E-state index in [1.54, 1.807) is 0 Å². The molecule has 0 aliphatic carbocycles. The minimum Gasteiger partial charge on any atom is -0.462 e. The smallest absolute Gasteiger partial charge is 0.306 e. The van der Waals surface area contributed by atoms with Gasteiger partial charge in [-0.2, -0.15) is 0 Å². The third-order valence-corrected chi connectivity index (χ3v) is 6.90. The molecule has 0 bridgehead atoms. The Labute approximate surface area is 223 Å². The summed E-state index contributed by atoms with van der Waals surface area (Å²) in [7, 11) is 0. The first-order chi connectivity index (χ1) is 17.6. The molecule has 214 valence electrons. The molecule has 0 fully saturated rings. The van der Waals surface area contributed by atoms with Crippen LogP contribution in [-0.4, -0.2) is 36.4 Å². The number of hydrogen-bond acceptors (Lipinski definition) is 5. The van der Waals surface area contributed by atoms with Crippen LogP contribution in [0.25, 0.3) is 0 Å². The van der Waals surface area contributed by atoms with E-state index in [9.17, 15) is 14.7 Å². The van der Waals surface area contributed by atoms with Crippen LogP contribution in [0.5, 0.6) is 0 Å². The van der Waals surface area contributed by atoms with Gasteiger partial charge in [0.2, 0.25) is 0 Å². The fourth-order valence-corrected chi connectivity index (χ4v) is 4.49. The van der Waals surface area contributed by atoms with E-state index in [-0.39, 0.29) is 25.2 Å². The third kappa shape index (κ3) is 26.0. The molecule has 0 aliphatic rings. The van der Waals surface area contributed by atoms with Crippen molar-refractivity contribution >= 4 is 11.9 Å². The highest BCUT2D eigenvalue weighted by molar-refractivity contribution is 5.70. The van der Waals surface area contributed by atoms with Crippen molar-refractivity contribution in [2.24, 2.45) is 0 Å². The topological polar surface area (TPSA) is 72.8 Å². The number of hydrogen-bond donors (Lipinski definition) is 1. The maximum atomic E-state index is 12.0. The van der Waals surface area contributed by atoms with Gasteiger partial charge in [-0.1, -0.05) is 142 Å². The standard InChI is InChI=1S/C31H60O5/c1-3-5-7-9-11-13-15-17-19-21-23-25-30(33)35-28-29(27-32)36-31(34)26-24-22-20-18-16-14-12-10-8-6-4-2/h29,32H,3-28H2,1-2H3/t29-/m0/s1. The van der Waals surface area contributed by atoms with Crippen LogP contribution in [0, 0.1) is 0 Å². The van der Waals surface area contributed by atoms with Gasteiger partial charge < -0.3 is 14.6 Å². The second-order valence-corrected chi connectivity index (χ2v) is 10.5. The minimum atomic E-state index is -0.758. The molecule has 0 saturated heterocycles. The van der Waals surface area contributed by atoms with Crippen molar-refractivity contribution in [2.45, 2.75) is 174 Å². The summed E-state index contributed by atoms with van der Waals surface area (Å²) in [6.07, 6.45) is 27.2. The quantitative estimate of drug-likeness (QED) is 0.0837. The van der Waals surface area contributed by atoms with E-state index in [0.717, 1.165) is 38.5 Å². The molecule has 0 rings (SSSR count). The zero-order chi connectivity index (χ0) is 26.5. The van der Waals surface area contributed by atoms with Gasteiger partial charge in [-0.05, 0) is 12.8 Å². The van der Waals surface area contributed by atoms with E-state index in [1.807, 2.05) is 0 Å². The third-order valence-electron chi connectivity index (χ3n) is 6.90. The number of aliphatic hydroxyl groups is 1. The first-order valence-electron chi connectivity index (χ1n) is 15.6. The molecule has 36 heavy (non-hydrogen) atoms. The van der Waals surface area contributed by atoms with Crippen molar-refractivity contribution in [3.05, 3.63) is 0 Å². The molecule has 0 heterocycles. The summed E-state index contributed by atoms with van der Waals surface area (Å²) in [5.74, 6) is -0.586. The summed E-state index contributed by atoms with van der Waals surface area (Å²) in [4.78, 5) is 24.0. The first-order valence-corrected chi connectivity index (χ1v) is 15.6. The Kier molecular flexibility index (Phi) is 27.6. The number of ether oxygens (including phenoxy) is 2. The van der Waals surface area contributed by atoms with Gasteiger partial charge in [0.05, 0.1) is 6.61 Å². The second kappa shape index (κ2) is 28.5. The Hall–Kier alpha value is -1.10. The van der Waals surface area contributed by atoms with E-state index >= 15 is 0 Å². The summed E-state index contributed by atoms with van der Waals surface area (Å²) >= 11 is 0. The Morgan fingerprint density at radius 2 is 0.861 bits per heavy atom. The Morgan fingerprint density at radius 1 is 0.528 bits per heavy atom. The highest BCUT2D eigenvalue weighted by Crippen LogP contribution is 2.14. The molecule has 0 unspecified atom stereocenters. The average molecular weight is 513 g/mol. The first kappa shape index (κ1) is 34.9. The molecule has 0 saturated carbocycles. The van der Waals surface area contributed by atoms with Crippen molar-refractivity contribution in [1.29, 1.82) is 0 Å². The molecule has 5 heteroatoms. The van der Waals surface area contributed by atoms with Crippen molar-refractivity contribution in [3.8, 4) is 0 Å². The van der Waals surface area contributed by atoms with Crippen LogP contribution in [0.4, 0.5) is 0 Å². The van der Waals surface area contributed by atoms with E-state index < -0.39 is 6.10 Å². The Morgan fingerprint density at radius 3 is 1.22 bits per heavy atom. The van der Waals surface area contributed by atoms with Crippen LogP contribution in [-0.2, 0) is 19.1 Å². The number of rotatable bonds is 28. The molecule has 5 nitrogen and oxygen atoms in total. The fraction of sp³-hybridized carbons (Fsp3) is 0.935. The zero-order valence-electron chi connectivity index (χ0n) is 24.0. The molecule has 0 radical (unpaired) electrons. The summed E-state index contributed by atoms with van der Waals surface area (Å²) < 4.78 is 10.5. The number of unbranched alkanes of at least 4 members (excludes halogenated alkanes) is 20. The predicted octanol–water partition coefficient (Wildman–Crippen LogP) is 8.84. The fourth-order valence-electron chi connectivity index (χ4n) is 4.49. The van der Waals surface area contributed by atoms with Crippen LogP contribution in [0.15, 0.2) is 0 Å². The SMILES string of the molecule is CCCCCCCCCCCCCC(=O)OC[C@H](CO)OC(=O)CCCCCCCCCCCCC. The van der Waals surface area contributed by atoms with Gasteiger partial charge in [-0.15, -0.1) is 0 Å². The number of aliphatic hydroxyl groups excluding tert-OH is 1. The van der Waals surface area contributed by atoms with Crippen LogP contribution in [0.3, 0.4) is 0 Å². The molecule has 0 aromatic carbocycles. The van der Waals surface area contributed by atoms with E-state index in [0.29, 0.717) is 12.8 Å². The molecule has 0 aromatic heterocycles. The number of esters is 2. The average Bonchev–Trinajstić information content (AvgIpc) is 2.88. The minimum absolute atomic E-state index is 0.0582. The van der Waals surface area contributed by atoms with E-state index in [1.165, 1.54) is 103 Å². The highest BCUT2D eigenvalue weighted by atomic mass is 16.6. The van der Waals surface area contributed by atoms with E-state index in [2.05, 4.69) is 13.8 Å². The van der Waals surface area contributed by atoms with E-state index in [4.69, 9.17) is 9.47 Å². The molecule has 0 spiro atoms. The maximum absolute atomic E-state index is 12.0. The second-order valence-electron chi connectivity index (χ2n) is 10.5. The molecule has 0 amide bonds. The largest absolute Gasteiger partial charge is 0.462 e. The van der Waals surface area contributed by atoms with Crippen LogP contribution < -0.4 is 0 Å². The van der Waals surface area contributed by atoms with Gasteiger partial charge in [-0.3, -0.25) is 9.59 Å². The van der Waals surface area contributed by atoms with Gasteiger partial charge >= 0.3 is 11.9 Å². The molecular weight excluding hydrogens is 452 g/mol. The van der Waals surface area contributed by atoms with Gasteiger partial charge in [-0.25, -0.2) is 0 Å². The van der Waals surface area contributed by atoms with Crippen molar-refractivity contribution in [1.82, 2.24) is 0 Å². The lowest BCUT2D eigenvalue weighted by atomic mass is 10.1. The summed E-state index contributed by atoms with van der Waals surface area (Å²) in [6, 6.07) is 0.